The van der Waals surface area contributed by atoms with Crippen LogP contribution in [0.3, 0.4) is 0 Å². The van der Waals surface area contributed by atoms with Crippen LogP contribution in [0, 0.1) is 5.92 Å². The summed E-state index contributed by atoms with van der Waals surface area (Å²) in [7, 11) is 0. The molecule has 2 rings (SSSR count). The number of benzene rings is 1. The Labute approximate surface area is 136 Å². The van der Waals surface area contributed by atoms with Gasteiger partial charge in [-0.1, -0.05) is 0 Å². The van der Waals surface area contributed by atoms with Gasteiger partial charge < -0.3 is 19.7 Å². The highest BCUT2D eigenvalue weighted by Crippen LogP contribution is 2.30. The lowest BCUT2D eigenvalue weighted by atomic mass is 10.1. The molecule has 126 valence electrons. The van der Waals surface area contributed by atoms with Crippen LogP contribution in [0.2, 0.25) is 0 Å². The van der Waals surface area contributed by atoms with Gasteiger partial charge in [-0.05, 0) is 32.9 Å². The van der Waals surface area contributed by atoms with Crippen LogP contribution >= 0.6 is 0 Å². The molecule has 6 nitrogen and oxygen atoms in total. The molecule has 0 unspecified atom stereocenters. The van der Waals surface area contributed by atoms with Gasteiger partial charge in [-0.2, -0.15) is 0 Å². The Bertz CT molecular complexity index is 574. The van der Waals surface area contributed by atoms with Gasteiger partial charge in [-0.15, -0.1) is 0 Å². The largest absolute Gasteiger partial charge is 0.494 e. The molecule has 1 N–H and O–H groups in total. The highest BCUT2D eigenvalue weighted by atomic mass is 16.5. The van der Waals surface area contributed by atoms with Gasteiger partial charge in [0.05, 0.1) is 24.8 Å². The van der Waals surface area contributed by atoms with Crippen molar-refractivity contribution in [1.82, 2.24) is 4.90 Å². The predicted molar refractivity (Wildman–Crippen MR) is 87.8 cm³/mol. The van der Waals surface area contributed by atoms with Crippen molar-refractivity contribution in [2.24, 2.45) is 5.92 Å². The number of amides is 2. The van der Waals surface area contributed by atoms with Crippen molar-refractivity contribution in [3.05, 3.63) is 18.2 Å². The first-order valence-electron chi connectivity index (χ1n) is 8.07. The first kappa shape index (κ1) is 17.1. The smallest absolute Gasteiger partial charge is 0.229 e. The Morgan fingerprint density at radius 1 is 1.26 bits per heavy atom. The summed E-state index contributed by atoms with van der Waals surface area (Å²) in [5, 5.41) is 2.88. The van der Waals surface area contributed by atoms with E-state index in [1.807, 2.05) is 26.8 Å². The number of ether oxygens (including phenoxy) is 2. The Morgan fingerprint density at radius 3 is 2.61 bits per heavy atom. The molecule has 0 radical (unpaired) electrons. The summed E-state index contributed by atoms with van der Waals surface area (Å²) in [5.41, 5.74) is 0.574. The summed E-state index contributed by atoms with van der Waals surface area (Å²) >= 11 is 0. The molecule has 1 aromatic carbocycles. The van der Waals surface area contributed by atoms with Crippen LogP contribution < -0.4 is 14.8 Å². The fraction of sp³-hybridized carbons (Fsp3) is 0.529. The van der Waals surface area contributed by atoms with E-state index in [9.17, 15) is 9.59 Å². The van der Waals surface area contributed by atoms with Gasteiger partial charge in [0, 0.05) is 25.6 Å². The third-order valence-corrected chi connectivity index (χ3v) is 3.79. The maximum atomic E-state index is 12.5. The van der Waals surface area contributed by atoms with Gasteiger partial charge in [-0.25, -0.2) is 0 Å². The fourth-order valence-electron chi connectivity index (χ4n) is 2.63. The van der Waals surface area contributed by atoms with E-state index < -0.39 is 0 Å². The van der Waals surface area contributed by atoms with Crippen LogP contribution in [0.15, 0.2) is 18.2 Å². The van der Waals surface area contributed by atoms with Crippen molar-refractivity contribution < 1.29 is 19.1 Å². The zero-order valence-corrected chi connectivity index (χ0v) is 13.9. The molecule has 23 heavy (non-hydrogen) atoms. The number of nitrogens with one attached hydrogen (secondary N) is 1. The molecule has 0 aromatic heterocycles. The molecule has 1 fully saturated rings. The van der Waals surface area contributed by atoms with E-state index in [1.54, 1.807) is 17.0 Å². The number of carbonyl (C=O) groups excluding carboxylic acids is 2. The third-order valence-electron chi connectivity index (χ3n) is 3.79. The first-order chi connectivity index (χ1) is 11.1. The van der Waals surface area contributed by atoms with Crippen molar-refractivity contribution in [3.63, 3.8) is 0 Å². The number of hydrogen-bond acceptors (Lipinski definition) is 4. The van der Waals surface area contributed by atoms with Crippen molar-refractivity contribution >= 4 is 17.5 Å². The minimum atomic E-state index is -0.326. The lowest BCUT2D eigenvalue weighted by molar-refractivity contribution is -0.128. The molecular formula is C17H24N2O4. The van der Waals surface area contributed by atoms with E-state index in [0.29, 0.717) is 43.5 Å². The lowest BCUT2D eigenvalue weighted by Gasteiger charge is -2.16. The Balaban J connectivity index is 2.12. The molecule has 0 bridgehead atoms. The summed E-state index contributed by atoms with van der Waals surface area (Å²) in [6.45, 7) is 7.85. The molecule has 0 aliphatic carbocycles. The predicted octanol–water partition coefficient (Wildman–Crippen LogP) is 2.29. The lowest BCUT2D eigenvalue weighted by Crippen LogP contribution is -2.28. The van der Waals surface area contributed by atoms with Crippen LogP contribution in [-0.4, -0.2) is 43.0 Å². The Kier molecular flexibility index (Phi) is 5.84. The number of carbonyl (C=O) groups is 2. The maximum absolute atomic E-state index is 12.5. The summed E-state index contributed by atoms with van der Waals surface area (Å²) in [6, 6.07) is 5.34. The van der Waals surface area contributed by atoms with Crippen LogP contribution in [0.5, 0.6) is 11.5 Å². The van der Waals surface area contributed by atoms with E-state index in [0.717, 1.165) is 0 Å². The summed E-state index contributed by atoms with van der Waals surface area (Å²) in [4.78, 5) is 25.9. The molecule has 1 heterocycles. The van der Waals surface area contributed by atoms with E-state index in [2.05, 4.69) is 5.32 Å². The van der Waals surface area contributed by atoms with Gasteiger partial charge in [0.2, 0.25) is 11.8 Å². The number of anilines is 1. The summed E-state index contributed by atoms with van der Waals surface area (Å²) in [5.74, 6) is 0.808. The highest BCUT2D eigenvalue weighted by Gasteiger charge is 2.33. The Morgan fingerprint density at radius 2 is 2.00 bits per heavy atom. The zero-order valence-electron chi connectivity index (χ0n) is 13.9. The molecule has 2 amide bonds. The minimum Gasteiger partial charge on any atom is -0.494 e. The molecular weight excluding hydrogens is 296 g/mol. The van der Waals surface area contributed by atoms with Gasteiger partial charge in [0.25, 0.3) is 0 Å². The summed E-state index contributed by atoms with van der Waals surface area (Å²) in [6.07, 6.45) is 0.259. The van der Waals surface area contributed by atoms with Crippen LogP contribution in [0.4, 0.5) is 5.69 Å². The molecule has 1 aromatic rings. The molecule has 6 heteroatoms. The monoisotopic (exact) mass is 320 g/mol. The highest BCUT2D eigenvalue weighted by molar-refractivity contribution is 5.98. The molecule has 1 atom stereocenters. The van der Waals surface area contributed by atoms with Crippen molar-refractivity contribution in [3.8, 4) is 11.5 Å². The van der Waals surface area contributed by atoms with Crippen LogP contribution in [0.1, 0.15) is 27.2 Å². The number of hydrogen-bond donors (Lipinski definition) is 1. The van der Waals surface area contributed by atoms with Gasteiger partial charge >= 0.3 is 0 Å². The second-order valence-corrected chi connectivity index (χ2v) is 5.35. The van der Waals surface area contributed by atoms with Crippen molar-refractivity contribution in [1.29, 1.82) is 0 Å². The fourth-order valence-corrected chi connectivity index (χ4v) is 2.63. The van der Waals surface area contributed by atoms with E-state index in [1.165, 1.54) is 0 Å². The molecule has 1 aliphatic rings. The SMILES string of the molecule is CCOc1ccc(OCC)c(NC(=O)[C@@H]2CC(=O)N(CC)C2)c1. The van der Waals surface area contributed by atoms with Gasteiger partial charge in [-0.3, -0.25) is 9.59 Å². The maximum Gasteiger partial charge on any atom is 0.229 e. The number of likely N-dealkylation sites (tertiary alicyclic amines) is 1. The molecule has 0 spiro atoms. The van der Waals surface area contributed by atoms with E-state index in [-0.39, 0.29) is 24.2 Å². The third kappa shape index (κ3) is 4.15. The van der Waals surface area contributed by atoms with Gasteiger partial charge in [0.15, 0.2) is 0 Å². The first-order valence-corrected chi connectivity index (χ1v) is 8.07. The average molecular weight is 320 g/mol. The van der Waals surface area contributed by atoms with Crippen LogP contribution in [0.25, 0.3) is 0 Å². The quantitative estimate of drug-likeness (QED) is 0.837. The zero-order chi connectivity index (χ0) is 16.8. The normalized spacial score (nSPS) is 17.3. The topological polar surface area (TPSA) is 67.9 Å². The average Bonchev–Trinajstić information content (AvgIpc) is 2.91. The van der Waals surface area contributed by atoms with E-state index >= 15 is 0 Å². The van der Waals surface area contributed by atoms with Crippen LogP contribution in [-0.2, 0) is 9.59 Å². The summed E-state index contributed by atoms with van der Waals surface area (Å²) < 4.78 is 11.0. The molecule has 1 saturated heterocycles. The van der Waals surface area contributed by atoms with Crippen molar-refractivity contribution in [2.75, 3.05) is 31.6 Å². The van der Waals surface area contributed by atoms with E-state index in [4.69, 9.17) is 9.47 Å². The molecule has 1 aliphatic heterocycles. The minimum absolute atomic E-state index is 0.0285. The molecule has 0 saturated carbocycles. The number of rotatable bonds is 7. The number of nitrogens with zero attached hydrogens (tertiary/aromatic N) is 1. The second kappa shape index (κ2) is 7.85. The Hall–Kier alpha value is -2.24. The second-order valence-electron chi connectivity index (χ2n) is 5.35. The standard InChI is InChI=1S/C17H24N2O4/c1-4-19-11-12(9-16(19)20)17(21)18-14-10-13(22-5-2)7-8-15(14)23-6-3/h7-8,10,12H,4-6,9,11H2,1-3H3,(H,18,21)/t12-/m1/s1. The van der Waals surface area contributed by atoms with Gasteiger partial charge in [0.1, 0.15) is 11.5 Å². The van der Waals surface area contributed by atoms with Crippen molar-refractivity contribution in [2.45, 2.75) is 27.2 Å².